The van der Waals surface area contributed by atoms with Crippen molar-refractivity contribution < 1.29 is 22.7 Å². The van der Waals surface area contributed by atoms with Gasteiger partial charge in [0, 0.05) is 0 Å². The van der Waals surface area contributed by atoms with Crippen molar-refractivity contribution in [3.8, 4) is 6.07 Å². The third-order valence-electron chi connectivity index (χ3n) is 2.27. The summed E-state index contributed by atoms with van der Waals surface area (Å²) in [4.78, 5) is 11.3. The molecule has 0 aromatic heterocycles. The molecule has 0 saturated heterocycles. The molecule has 0 heterocycles. The predicted molar refractivity (Wildman–Crippen MR) is 56.4 cm³/mol. The Labute approximate surface area is 102 Å². The van der Waals surface area contributed by atoms with Crippen molar-refractivity contribution in [2.45, 2.75) is 19.8 Å². The second-order valence-corrected chi connectivity index (χ2v) is 3.38. The van der Waals surface area contributed by atoms with Gasteiger partial charge in [-0.3, -0.25) is 4.79 Å². The summed E-state index contributed by atoms with van der Waals surface area (Å²) in [5, 5.41) is 8.79. The molecule has 0 fully saturated rings. The van der Waals surface area contributed by atoms with E-state index >= 15 is 0 Å². The van der Waals surface area contributed by atoms with Crippen LogP contribution in [0.5, 0.6) is 0 Å². The molecule has 0 bridgehead atoms. The van der Waals surface area contributed by atoms with E-state index in [1.165, 1.54) is 0 Å². The zero-order valence-electron chi connectivity index (χ0n) is 9.54. The third-order valence-corrected chi connectivity index (χ3v) is 2.27. The number of rotatable bonds is 4. The van der Waals surface area contributed by atoms with Gasteiger partial charge in [0.25, 0.3) is 6.43 Å². The van der Waals surface area contributed by atoms with Crippen LogP contribution in [0.3, 0.4) is 0 Å². The lowest BCUT2D eigenvalue weighted by Crippen LogP contribution is -2.12. The number of carbonyl (C=O) groups excluding carboxylic acids is 1. The Kier molecular flexibility index (Phi) is 4.72. The summed E-state index contributed by atoms with van der Waals surface area (Å²) in [5.74, 6) is -1.91. The number of nitrogens with zero attached hydrogens (tertiary/aromatic N) is 1. The van der Waals surface area contributed by atoms with E-state index < -0.39 is 30.2 Å². The minimum atomic E-state index is -3.09. The SMILES string of the molecule is CCOC(=O)Cc1c(C#N)ccc(F)c1C(F)F. The monoisotopic (exact) mass is 257 g/mol. The smallest absolute Gasteiger partial charge is 0.310 e. The van der Waals surface area contributed by atoms with Gasteiger partial charge in [-0.1, -0.05) is 0 Å². The Morgan fingerprint density at radius 2 is 2.17 bits per heavy atom. The van der Waals surface area contributed by atoms with Crippen LogP contribution in [0, 0.1) is 17.1 Å². The van der Waals surface area contributed by atoms with E-state index in [4.69, 9.17) is 5.26 Å². The van der Waals surface area contributed by atoms with E-state index in [1.54, 1.807) is 13.0 Å². The van der Waals surface area contributed by atoms with E-state index in [1.807, 2.05) is 0 Å². The second kappa shape index (κ2) is 6.05. The minimum Gasteiger partial charge on any atom is -0.466 e. The van der Waals surface area contributed by atoms with Gasteiger partial charge < -0.3 is 4.74 Å². The van der Waals surface area contributed by atoms with Gasteiger partial charge in [0.15, 0.2) is 0 Å². The lowest BCUT2D eigenvalue weighted by molar-refractivity contribution is -0.142. The molecular weight excluding hydrogens is 247 g/mol. The van der Waals surface area contributed by atoms with Crippen LogP contribution in [0.25, 0.3) is 0 Å². The van der Waals surface area contributed by atoms with Crippen LogP contribution in [0.2, 0.25) is 0 Å². The van der Waals surface area contributed by atoms with Crippen LogP contribution in [0.4, 0.5) is 13.2 Å². The van der Waals surface area contributed by atoms with E-state index in [0.717, 1.165) is 12.1 Å². The zero-order valence-corrected chi connectivity index (χ0v) is 9.54. The molecular formula is C12H10F3NO2. The molecule has 3 nitrogen and oxygen atoms in total. The molecule has 18 heavy (non-hydrogen) atoms. The summed E-state index contributed by atoms with van der Waals surface area (Å²) < 4.78 is 43.4. The van der Waals surface area contributed by atoms with Crippen LogP contribution < -0.4 is 0 Å². The molecule has 0 N–H and O–H groups in total. The standard InChI is InChI=1S/C12H10F3NO2/c1-2-18-10(17)5-8-7(6-16)3-4-9(13)11(8)12(14)15/h3-4,12H,2,5H2,1H3. The van der Waals surface area contributed by atoms with Crippen LogP contribution >= 0.6 is 0 Å². The van der Waals surface area contributed by atoms with Gasteiger partial charge in [0.1, 0.15) is 5.82 Å². The molecule has 1 aromatic carbocycles. The van der Waals surface area contributed by atoms with Crippen molar-refractivity contribution in [2.24, 2.45) is 0 Å². The molecule has 0 spiro atoms. The van der Waals surface area contributed by atoms with Crippen molar-refractivity contribution in [2.75, 3.05) is 6.61 Å². The summed E-state index contributed by atoms with van der Waals surface area (Å²) in [6.45, 7) is 1.64. The largest absolute Gasteiger partial charge is 0.466 e. The highest BCUT2D eigenvalue weighted by Gasteiger charge is 2.23. The molecule has 0 unspecified atom stereocenters. The predicted octanol–water partition coefficient (Wildman–Crippen LogP) is 2.74. The maximum Gasteiger partial charge on any atom is 0.310 e. The van der Waals surface area contributed by atoms with E-state index in [0.29, 0.717) is 0 Å². The van der Waals surface area contributed by atoms with E-state index in [2.05, 4.69) is 4.74 Å². The van der Waals surface area contributed by atoms with Gasteiger partial charge in [-0.05, 0) is 24.6 Å². The highest BCUT2D eigenvalue weighted by molar-refractivity contribution is 5.74. The van der Waals surface area contributed by atoms with Gasteiger partial charge in [0.2, 0.25) is 0 Å². The normalized spacial score (nSPS) is 10.2. The van der Waals surface area contributed by atoms with Gasteiger partial charge >= 0.3 is 5.97 Å². The number of nitriles is 1. The molecule has 0 radical (unpaired) electrons. The van der Waals surface area contributed by atoms with Crippen molar-refractivity contribution in [1.29, 1.82) is 5.26 Å². The molecule has 0 aliphatic heterocycles. The minimum absolute atomic E-state index is 0.0834. The van der Waals surface area contributed by atoms with Crippen LogP contribution in [-0.2, 0) is 16.0 Å². The molecule has 0 aliphatic carbocycles. The van der Waals surface area contributed by atoms with Crippen molar-refractivity contribution >= 4 is 5.97 Å². The fourth-order valence-corrected chi connectivity index (χ4v) is 1.52. The second-order valence-electron chi connectivity index (χ2n) is 3.38. The topological polar surface area (TPSA) is 50.1 Å². The number of hydrogen-bond acceptors (Lipinski definition) is 3. The molecule has 96 valence electrons. The molecule has 6 heteroatoms. The molecule has 0 atom stereocenters. The fourth-order valence-electron chi connectivity index (χ4n) is 1.52. The average Bonchev–Trinajstić information content (AvgIpc) is 2.29. The number of carbonyl (C=O) groups is 1. The number of alkyl halides is 2. The maximum absolute atomic E-state index is 13.3. The summed E-state index contributed by atoms with van der Waals surface area (Å²) in [6, 6.07) is 3.51. The first kappa shape index (κ1) is 14.0. The Morgan fingerprint density at radius 1 is 1.50 bits per heavy atom. The number of esters is 1. The van der Waals surface area contributed by atoms with Crippen LogP contribution in [0.1, 0.15) is 30.0 Å². The molecule has 0 aliphatic rings. The van der Waals surface area contributed by atoms with E-state index in [9.17, 15) is 18.0 Å². The Hall–Kier alpha value is -2.03. The number of benzene rings is 1. The number of ether oxygens (including phenoxy) is 1. The zero-order chi connectivity index (χ0) is 13.7. The highest BCUT2D eigenvalue weighted by atomic mass is 19.3. The molecule has 1 aromatic rings. The quantitative estimate of drug-likeness (QED) is 0.779. The first-order valence-corrected chi connectivity index (χ1v) is 5.16. The van der Waals surface area contributed by atoms with Crippen molar-refractivity contribution in [1.82, 2.24) is 0 Å². The summed E-state index contributed by atoms with van der Waals surface area (Å²) in [7, 11) is 0. The van der Waals surface area contributed by atoms with Crippen LogP contribution in [-0.4, -0.2) is 12.6 Å². The molecule has 0 saturated carbocycles. The van der Waals surface area contributed by atoms with E-state index in [-0.39, 0.29) is 17.7 Å². The first-order valence-electron chi connectivity index (χ1n) is 5.16. The Morgan fingerprint density at radius 3 is 2.67 bits per heavy atom. The third kappa shape index (κ3) is 3.00. The lowest BCUT2D eigenvalue weighted by atomic mass is 9.98. The van der Waals surface area contributed by atoms with Gasteiger partial charge in [-0.25, -0.2) is 13.2 Å². The van der Waals surface area contributed by atoms with Gasteiger partial charge in [0.05, 0.1) is 30.2 Å². The summed E-state index contributed by atoms with van der Waals surface area (Å²) in [5.41, 5.74) is -1.38. The first-order chi connectivity index (χ1) is 8.51. The van der Waals surface area contributed by atoms with Crippen LogP contribution in [0.15, 0.2) is 12.1 Å². The summed E-state index contributed by atoms with van der Waals surface area (Å²) in [6.07, 6.45) is -3.64. The lowest BCUT2D eigenvalue weighted by Gasteiger charge is -2.11. The number of hydrogen-bond donors (Lipinski definition) is 0. The van der Waals surface area contributed by atoms with Gasteiger partial charge in [-0.15, -0.1) is 0 Å². The van der Waals surface area contributed by atoms with Crippen molar-refractivity contribution in [3.63, 3.8) is 0 Å². The Balaban J connectivity index is 3.25. The fraction of sp³-hybridized carbons (Fsp3) is 0.333. The number of halogens is 3. The molecule has 0 amide bonds. The summed E-state index contributed by atoms with van der Waals surface area (Å²) >= 11 is 0. The Bertz CT molecular complexity index is 495. The van der Waals surface area contributed by atoms with Gasteiger partial charge in [-0.2, -0.15) is 5.26 Å². The molecule has 1 rings (SSSR count). The maximum atomic E-state index is 13.3. The average molecular weight is 257 g/mol. The van der Waals surface area contributed by atoms with Crippen molar-refractivity contribution in [3.05, 3.63) is 34.6 Å². The highest BCUT2D eigenvalue weighted by Crippen LogP contribution is 2.28.